The largest absolute Gasteiger partial charge is 0.383 e. The highest BCUT2D eigenvalue weighted by Gasteiger charge is 2.23. The van der Waals surface area contributed by atoms with E-state index in [2.05, 4.69) is 28.2 Å². The first-order chi connectivity index (χ1) is 15.1. The predicted octanol–water partition coefficient (Wildman–Crippen LogP) is 3.35. The number of aryl methyl sites for hydroxylation is 2. The van der Waals surface area contributed by atoms with Crippen molar-refractivity contribution in [1.29, 1.82) is 5.26 Å². The molecule has 5 rings (SSSR count). The molecule has 2 aromatic heterocycles. The molecular formula is C24H27N7. The number of nitrogens with one attached hydrogen (secondary N) is 1. The zero-order valence-corrected chi connectivity index (χ0v) is 17.9. The number of nitrogens with two attached hydrogens (primary N) is 1. The summed E-state index contributed by atoms with van der Waals surface area (Å²) in [5, 5.41) is 13.3. The van der Waals surface area contributed by atoms with E-state index in [9.17, 15) is 0 Å². The molecule has 3 heterocycles. The number of fused-ring (bicyclic) bond motifs is 2. The fourth-order valence-electron chi connectivity index (χ4n) is 4.87. The third kappa shape index (κ3) is 3.91. The first-order valence-corrected chi connectivity index (χ1v) is 11.0. The lowest BCUT2D eigenvalue weighted by atomic mass is 10.0. The average Bonchev–Trinajstić information content (AvgIpc) is 3.24. The number of hydrogen-bond donors (Lipinski definition) is 2. The van der Waals surface area contributed by atoms with Crippen LogP contribution < -0.4 is 11.1 Å². The molecule has 1 aliphatic carbocycles. The van der Waals surface area contributed by atoms with Crippen molar-refractivity contribution < 1.29 is 0 Å². The van der Waals surface area contributed by atoms with Crippen molar-refractivity contribution in [2.45, 2.75) is 51.6 Å². The van der Waals surface area contributed by atoms with Gasteiger partial charge < -0.3 is 11.1 Å². The van der Waals surface area contributed by atoms with Crippen LogP contribution in [0.2, 0.25) is 0 Å². The summed E-state index contributed by atoms with van der Waals surface area (Å²) in [6.45, 7) is 5.04. The van der Waals surface area contributed by atoms with Crippen molar-refractivity contribution >= 4 is 22.8 Å². The molecular weight excluding hydrogens is 386 g/mol. The van der Waals surface area contributed by atoms with Gasteiger partial charge in [0.2, 0.25) is 5.95 Å². The van der Waals surface area contributed by atoms with Gasteiger partial charge >= 0.3 is 0 Å². The summed E-state index contributed by atoms with van der Waals surface area (Å²) in [6.07, 6.45) is 5.29. The van der Waals surface area contributed by atoms with E-state index >= 15 is 0 Å². The quantitative estimate of drug-likeness (QED) is 0.676. The van der Waals surface area contributed by atoms with Gasteiger partial charge in [-0.15, -0.1) is 0 Å². The highest BCUT2D eigenvalue weighted by molar-refractivity contribution is 5.90. The van der Waals surface area contributed by atoms with E-state index in [4.69, 9.17) is 21.0 Å². The molecule has 1 saturated heterocycles. The molecule has 0 spiro atoms. The van der Waals surface area contributed by atoms with Crippen molar-refractivity contribution in [2.75, 3.05) is 24.1 Å². The van der Waals surface area contributed by atoms with Gasteiger partial charge in [-0.05, 0) is 67.9 Å². The first kappa shape index (κ1) is 19.7. The van der Waals surface area contributed by atoms with Crippen LogP contribution in [0, 0.1) is 18.3 Å². The molecule has 0 radical (unpaired) electrons. The molecule has 7 heteroatoms. The number of piperidine rings is 1. The van der Waals surface area contributed by atoms with Crippen molar-refractivity contribution in [1.82, 2.24) is 19.9 Å². The number of likely N-dealkylation sites (tertiary alicyclic amines) is 1. The lowest BCUT2D eigenvalue weighted by molar-refractivity contribution is 0.211. The molecule has 0 bridgehead atoms. The molecule has 1 fully saturated rings. The maximum absolute atomic E-state index is 8.94. The van der Waals surface area contributed by atoms with Gasteiger partial charge in [0.15, 0.2) is 5.65 Å². The molecule has 31 heavy (non-hydrogen) atoms. The molecule has 0 unspecified atom stereocenters. The van der Waals surface area contributed by atoms with Crippen molar-refractivity contribution in [2.24, 2.45) is 0 Å². The Morgan fingerprint density at radius 3 is 2.65 bits per heavy atom. The maximum atomic E-state index is 8.94. The second kappa shape index (κ2) is 8.12. The summed E-state index contributed by atoms with van der Waals surface area (Å²) >= 11 is 0. The molecule has 0 amide bonds. The second-order valence-electron chi connectivity index (χ2n) is 8.65. The summed E-state index contributed by atoms with van der Waals surface area (Å²) in [5.41, 5.74) is 12.7. The number of nitrogens with zero attached hydrogens (tertiary/aromatic N) is 5. The maximum Gasteiger partial charge on any atom is 0.226 e. The van der Waals surface area contributed by atoms with E-state index in [1.165, 1.54) is 22.4 Å². The number of benzene rings is 1. The Labute approximate surface area is 182 Å². The van der Waals surface area contributed by atoms with Crippen molar-refractivity contribution in [3.05, 3.63) is 52.2 Å². The van der Waals surface area contributed by atoms with E-state index in [-0.39, 0.29) is 0 Å². The van der Waals surface area contributed by atoms with Crippen LogP contribution in [-0.4, -0.2) is 39.0 Å². The van der Waals surface area contributed by atoms with Crippen LogP contribution in [-0.2, 0) is 19.4 Å². The Kier molecular flexibility index (Phi) is 5.16. The van der Waals surface area contributed by atoms with Gasteiger partial charge in [-0.1, -0.05) is 12.1 Å². The Bertz CT molecular complexity index is 1160. The Morgan fingerprint density at radius 1 is 1.13 bits per heavy atom. The lowest BCUT2D eigenvalue weighted by Crippen LogP contribution is -2.39. The molecule has 1 aliphatic heterocycles. The number of aromatic nitrogens is 3. The van der Waals surface area contributed by atoms with Crippen LogP contribution in [0.15, 0.2) is 24.3 Å². The number of hydrogen-bond acceptors (Lipinski definition) is 7. The van der Waals surface area contributed by atoms with Crippen LogP contribution in [0.1, 0.15) is 47.2 Å². The minimum Gasteiger partial charge on any atom is -0.383 e. The van der Waals surface area contributed by atoms with E-state index in [0.717, 1.165) is 57.1 Å². The van der Waals surface area contributed by atoms with Gasteiger partial charge in [-0.25, -0.2) is 4.98 Å². The molecule has 7 nitrogen and oxygen atoms in total. The van der Waals surface area contributed by atoms with Crippen LogP contribution >= 0.6 is 0 Å². The molecule has 3 aromatic rings. The number of nitriles is 1. The monoisotopic (exact) mass is 413 g/mol. The van der Waals surface area contributed by atoms with E-state index in [1.807, 2.05) is 24.3 Å². The lowest BCUT2D eigenvalue weighted by Gasteiger charge is -2.32. The van der Waals surface area contributed by atoms with Gasteiger partial charge in [0.1, 0.15) is 5.82 Å². The fraction of sp³-hybridized carbons (Fsp3) is 0.417. The zero-order chi connectivity index (χ0) is 21.4. The number of pyridine rings is 1. The summed E-state index contributed by atoms with van der Waals surface area (Å²) < 4.78 is 0. The van der Waals surface area contributed by atoms with Gasteiger partial charge in [-0.3, -0.25) is 4.90 Å². The van der Waals surface area contributed by atoms with E-state index in [1.54, 1.807) is 0 Å². The number of anilines is 2. The Morgan fingerprint density at radius 2 is 1.90 bits per heavy atom. The third-order valence-corrected chi connectivity index (χ3v) is 6.59. The third-order valence-electron chi connectivity index (χ3n) is 6.59. The minimum absolute atomic E-state index is 0.324. The van der Waals surface area contributed by atoms with Gasteiger partial charge in [0.05, 0.1) is 17.0 Å². The second-order valence-corrected chi connectivity index (χ2v) is 8.65. The van der Waals surface area contributed by atoms with Crippen molar-refractivity contribution in [3.63, 3.8) is 0 Å². The smallest absolute Gasteiger partial charge is 0.226 e. The molecule has 0 saturated carbocycles. The number of rotatable bonds is 4. The first-order valence-electron chi connectivity index (χ1n) is 11.0. The molecule has 0 atom stereocenters. The number of nitrogen functional groups attached to an aromatic ring is 1. The summed E-state index contributed by atoms with van der Waals surface area (Å²) in [6, 6.07) is 10.3. The molecule has 1 aromatic carbocycles. The van der Waals surface area contributed by atoms with Crippen LogP contribution in [0.25, 0.3) is 11.0 Å². The Hall–Kier alpha value is -3.24. The Balaban J connectivity index is 1.25. The van der Waals surface area contributed by atoms with Crippen LogP contribution in [0.4, 0.5) is 11.8 Å². The predicted molar refractivity (Wildman–Crippen MR) is 122 cm³/mol. The van der Waals surface area contributed by atoms with Gasteiger partial charge in [-0.2, -0.15) is 15.2 Å². The molecule has 2 aliphatic rings. The topological polar surface area (TPSA) is 104 Å². The zero-order valence-electron chi connectivity index (χ0n) is 17.9. The standard InChI is InChI=1S/C24H27N7/c1-15-19-3-2-4-20(19)28-23-21(15)22(26)29-24(30-23)27-18-9-11-31(12-10-18)14-17-7-5-16(13-25)6-8-17/h5-8,18H,2-4,9-12,14H2,1H3,(H3,26,27,28,29,30). The van der Waals surface area contributed by atoms with E-state index in [0.29, 0.717) is 29.0 Å². The highest BCUT2D eigenvalue weighted by atomic mass is 15.2. The summed E-state index contributed by atoms with van der Waals surface area (Å²) in [4.78, 5) is 16.5. The summed E-state index contributed by atoms with van der Waals surface area (Å²) in [5.74, 6) is 1.10. The fourth-order valence-corrected chi connectivity index (χ4v) is 4.87. The van der Waals surface area contributed by atoms with Crippen LogP contribution in [0.3, 0.4) is 0 Å². The summed E-state index contributed by atoms with van der Waals surface area (Å²) in [7, 11) is 0. The molecule has 158 valence electrons. The van der Waals surface area contributed by atoms with Crippen molar-refractivity contribution in [3.8, 4) is 6.07 Å². The van der Waals surface area contributed by atoms with Crippen LogP contribution in [0.5, 0.6) is 0 Å². The normalized spacial score (nSPS) is 16.9. The van der Waals surface area contributed by atoms with Gasteiger partial charge in [0, 0.05) is 31.4 Å². The SMILES string of the molecule is Cc1c2c(nc3nc(NC4CCN(Cc5ccc(C#N)cc5)CC4)nc(N)c13)CCC2. The highest BCUT2D eigenvalue weighted by Crippen LogP contribution is 2.31. The average molecular weight is 414 g/mol. The molecule has 3 N–H and O–H groups in total. The van der Waals surface area contributed by atoms with Gasteiger partial charge in [0.25, 0.3) is 0 Å². The minimum atomic E-state index is 0.324. The van der Waals surface area contributed by atoms with E-state index < -0.39 is 0 Å².